The van der Waals surface area contributed by atoms with Gasteiger partial charge in [0.15, 0.2) is 0 Å². The molecule has 0 N–H and O–H groups in total. The van der Waals surface area contributed by atoms with Gasteiger partial charge in [-0.05, 0) is 35.6 Å². The molecule has 0 atom stereocenters. The zero-order valence-electron chi connectivity index (χ0n) is 16.5. The fourth-order valence-corrected chi connectivity index (χ4v) is 3.98. The van der Waals surface area contributed by atoms with Crippen molar-refractivity contribution in [3.63, 3.8) is 0 Å². The average Bonchev–Trinajstić information content (AvgIpc) is 2.99. The maximum absolute atomic E-state index is 12.8. The standard InChI is InChI=1S/C23H21N3O2S/c1-14(2)18-10-8-17(9-11-18)13-20-22(28)26-23(29-20)24-21(27)19(25-26)12-16-6-4-15(3)5-7-16/h4-11,13-14H,12H2,1-3H3. The Morgan fingerprint density at radius 1 is 1.03 bits per heavy atom. The Hall–Kier alpha value is -3.12. The fourth-order valence-electron chi connectivity index (χ4n) is 3.08. The molecule has 29 heavy (non-hydrogen) atoms. The van der Waals surface area contributed by atoms with E-state index in [1.54, 1.807) is 0 Å². The Bertz CT molecular complexity index is 1330. The third-order valence-electron chi connectivity index (χ3n) is 4.84. The Morgan fingerprint density at radius 3 is 2.38 bits per heavy atom. The molecule has 146 valence electrons. The first-order chi connectivity index (χ1) is 13.9. The molecule has 5 nitrogen and oxygen atoms in total. The van der Waals surface area contributed by atoms with Gasteiger partial charge in [0.1, 0.15) is 5.69 Å². The summed E-state index contributed by atoms with van der Waals surface area (Å²) in [4.78, 5) is 29.6. The van der Waals surface area contributed by atoms with Gasteiger partial charge in [-0.1, -0.05) is 79.3 Å². The third kappa shape index (κ3) is 4.03. The summed E-state index contributed by atoms with van der Waals surface area (Å²) < 4.78 is 1.75. The normalized spacial score (nSPS) is 12.2. The van der Waals surface area contributed by atoms with E-state index in [4.69, 9.17) is 0 Å². The maximum Gasteiger partial charge on any atom is 0.296 e. The molecule has 0 unspecified atom stereocenters. The highest BCUT2D eigenvalue weighted by Crippen LogP contribution is 2.15. The number of hydrogen-bond acceptors (Lipinski definition) is 5. The van der Waals surface area contributed by atoms with Gasteiger partial charge in [0.2, 0.25) is 4.96 Å². The summed E-state index contributed by atoms with van der Waals surface area (Å²) in [6, 6.07) is 16.0. The van der Waals surface area contributed by atoms with Crippen LogP contribution in [0.5, 0.6) is 0 Å². The lowest BCUT2D eigenvalue weighted by Gasteiger charge is -2.04. The number of nitrogens with zero attached hydrogens (tertiary/aromatic N) is 3. The zero-order valence-corrected chi connectivity index (χ0v) is 17.4. The summed E-state index contributed by atoms with van der Waals surface area (Å²) >= 11 is 1.18. The highest BCUT2D eigenvalue weighted by atomic mass is 32.1. The molecule has 0 saturated carbocycles. The van der Waals surface area contributed by atoms with Crippen LogP contribution in [0.25, 0.3) is 11.0 Å². The van der Waals surface area contributed by atoms with Gasteiger partial charge in [-0.25, -0.2) is 0 Å². The minimum Gasteiger partial charge on any atom is -0.266 e. The average molecular weight is 404 g/mol. The van der Waals surface area contributed by atoms with E-state index >= 15 is 0 Å². The Kier molecular flexibility index (Phi) is 5.11. The third-order valence-corrected chi connectivity index (χ3v) is 5.80. The maximum atomic E-state index is 12.8. The van der Waals surface area contributed by atoms with Crippen molar-refractivity contribution in [3.05, 3.63) is 102 Å². The monoisotopic (exact) mass is 403 g/mol. The summed E-state index contributed by atoms with van der Waals surface area (Å²) in [7, 11) is 0. The van der Waals surface area contributed by atoms with Crippen molar-refractivity contribution < 1.29 is 0 Å². The van der Waals surface area contributed by atoms with Crippen LogP contribution in [-0.2, 0) is 6.42 Å². The Morgan fingerprint density at radius 2 is 1.72 bits per heavy atom. The van der Waals surface area contributed by atoms with Crippen LogP contribution in [0.3, 0.4) is 0 Å². The number of rotatable bonds is 4. The van der Waals surface area contributed by atoms with Crippen molar-refractivity contribution in [1.82, 2.24) is 14.6 Å². The quantitative estimate of drug-likeness (QED) is 0.525. The smallest absolute Gasteiger partial charge is 0.266 e. The van der Waals surface area contributed by atoms with Gasteiger partial charge in [-0.15, -0.1) is 0 Å². The first kappa shape index (κ1) is 19.2. The number of thiazole rings is 1. The molecular weight excluding hydrogens is 382 g/mol. The van der Waals surface area contributed by atoms with Crippen molar-refractivity contribution >= 4 is 22.4 Å². The van der Waals surface area contributed by atoms with Crippen LogP contribution < -0.4 is 15.7 Å². The summed E-state index contributed by atoms with van der Waals surface area (Å²) in [6.07, 6.45) is 2.16. The molecule has 0 radical (unpaired) electrons. The van der Waals surface area contributed by atoms with Gasteiger partial charge in [-0.3, -0.25) is 9.59 Å². The van der Waals surface area contributed by atoms with Crippen LogP contribution in [0.4, 0.5) is 0 Å². The lowest BCUT2D eigenvalue weighted by atomic mass is 10.0. The molecule has 0 aliphatic rings. The predicted molar refractivity (Wildman–Crippen MR) is 117 cm³/mol. The van der Waals surface area contributed by atoms with E-state index in [0.717, 1.165) is 16.7 Å². The molecule has 4 aromatic rings. The summed E-state index contributed by atoms with van der Waals surface area (Å²) in [6.45, 7) is 6.29. The molecule has 0 aliphatic carbocycles. The number of fused-ring (bicyclic) bond motifs is 1. The minimum atomic E-state index is -0.389. The summed E-state index contributed by atoms with van der Waals surface area (Å²) in [5.74, 6) is 0.454. The topological polar surface area (TPSA) is 64.3 Å². The largest absolute Gasteiger partial charge is 0.296 e. The molecule has 0 spiro atoms. The SMILES string of the molecule is Cc1ccc(Cc2nn3c(=O)c(=Cc4ccc(C(C)C)cc4)sc3nc2=O)cc1. The molecule has 0 saturated heterocycles. The van der Waals surface area contributed by atoms with Gasteiger partial charge in [0.25, 0.3) is 11.1 Å². The zero-order chi connectivity index (χ0) is 20.5. The molecule has 6 heteroatoms. The van der Waals surface area contributed by atoms with Gasteiger partial charge in [-0.2, -0.15) is 14.6 Å². The lowest BCUT2D eigenvalue weighted by molar-refractivity contribution is 0.811. The lowest BCUT2D eigenvalue weighted by Crippen LogP contribution is -2.28. The van der Waals surface area contributed by atoms with Crippen LogP contribution in [0.2, 0.25) is 0 Å². The molecular formula is C23H21N3O2S. The summed E-state index contributed by atoms with van der Waals surface area (Å²) in [5, 5.41) is 4.31. The Balaban J connectivity index is 1.74. The molecule has 0 fully saturated rings. The highest BCUT2D eigenvalue weighted by Gasteiger charge is 2.11. The van der Waals surface area contributed by atoms with E-state index in [0.29, 0.717) is 21.8 Å². The number of benzene rings is 2. The fraction of sp³-hybridized carbons (Fsp3) is 0.217. The van der Waals surface area contributed by atoms with E-state index in [1.165, 1.54) is 21.4 Å². The van der Waals surface area contributed by atoms with Crippen molar-refractivity contribution in [3.8, 4) is 0 Å². The van der Waals surface area contributed by atoms with Gasteiger partial charge >= 0.3 is 0 Å². The van der Waals surface area contributed by atoms with Gasteiger partial charge in [0, 0.05) is 6.42 Å². The van der Waals surface area contributed by atoms with Crippen LogP contribution >= 0.6 is 11.3 Å². The van der Waals surface area contributed by atoms with Crippen LogP contribution in [0, 0.1) is 6.92 Å². The second-order valence-corrected chi connectivity index (χ2v) is 8.47. The van der Waals surface area contributed by atoms with Crippen molar-refractivity contribution in [2.24, 2.45) is 0 Å². The molecule has 2 aromatic heterocycles. The number of aromatic nitrogens is 3. The second kappa shape index (κ2) is 7.72. The number of aryl methyl sites for hydroxylation is 1. The first-order valence-corrected chi connectivity index (χ1v) is 10.3. The highest BCUT2D eigenvalue weighted by molar-refractivity contribution is 7.15. The minimum absolute atomic E-state index is 0.254. The van der Waals surface area contributed by atoms with Crippen molar-refractivity contribution in [2.75, 3.05) is 0 Å². The molecule has 2 aromatic carbocycles. The van der Waals surface area contributed by atoms with E-state index in [2.05, 4.69) is 36.1 Å². The predicted octanol–water partition coefficient (Wildman–Crippen LogP) is 3.08. The van der Waals surface area contributed by atoms with Crippen LogP contribution in [0.15, 0.2) is 58.1 Å². The second-order valence-electron chi connectivity index (χ2n) is 7.46. The molecule has 0 aliphatic heterocycles. The van der Waals surface area contributed by atoms with Crippen molar-refractivity contribution in [1.29, 1.82) is 0 Å². The molecule has 0 bridgehead atoms. The van der Waals surface area contributed by atoms with Gasteiger partial charge in [0.05, 0.1) is 4.53 Å². The Labute approximate surface area is 172 Å². The number of hydrogen-bond donors (Lipinski definition) is 0. The van der Waals surface area contributed by atoms with E-state index in [1.807, 2.05) is 49.4 Å². The molecule has 0 amide bonds. The molecule has 4 rings (SSSR count). The van der Waals surface area contributed by atoms with E-state index in [-0.39, 0.29) is 16.8 Å². The molecule has 2 heterocycles. The van der Waals surface area contributed by atoms with E-state index in [9.17, 15) is 9.59 Å². The van der Waals surface area contributed by atoms with Gasteiger partial charge < -0.3 is 0 Å². The van der Waals surface area contributed by atoms with Crippen LogP contribution in [0.1, 0.15) is 47.7 Å². The summed E-state index contributed by atoms with van der Waals surface area (Å²) in [5.41, 5.74) is 3.91. The van der Waals surface area contributed by atoms with Crippen LogP contribution in [-0.4, -0.2) is 14.6 Å². The van der Waals surface area contributed by atoms with Crippen molar-refractivity contribution in [2.45, 2.75) is 33.1 Å². The van der Waals surface area contributed by atoms with E-state index < -0.39 is 0 Å². The first-order valence-electron chi connectivity index (χ1n) is 9.51.